The summed E-state index contributed by atoms with van der Waals surface area (Å²) in [7, 11) is 1.35. The van der Waals surface area contributed by atoms with Crippen LogP contribution in [0.25, 0.3) is 11.4 Å². The summed E-state index contributed by atoms with van der Waals surface area (Å²) in [5.41, 5.74) is 6.74. The van der Waals surface area contributed by atoms with E-state index in [1.807, 2.05) is 20.8 Å². The lowest BCUT2D eigenvalue weighted by Gasteiger charge is -2.56. The number of carbonyl (C=O) groups excluding carboxylic acids is 1. The molecule has 1 saturated carbocycles. The van der Waals surface area contributed by atoms with Gasteiger partial charge in [-0.1, -0.05) is 31.1 Å². The fourth-order valence-electron chi connectivity index (χ4n) is 3.19. The summed E-state index contributed by atoms with van der Waals surface area (Å²) in [6.07, 6.45) is 0.703. The number of hydrogen-bond donors (Lipinski definition) is 1. The van der Waals surface area contributed by atoms with Crippen molar-refractivity contribution < 1.29 is 18.8 Å². The molecular weight excluding hydrogens is 322 g/mol. The second-order valence-electron chi connectivity index (χ2n) is 6.83. The van der Waals surface area contributed by atoms with Crippen molar-refractivity contribution >= 4 is 5.97 Å². The summed E-state index contributed by atoms with van der Waals surface area (Å²) in [4.78, 5) is 16.0. The van der Waals surface area contributed by atoms with Gasteiger partial charge in [0.2, 0.25) is 11.7 Å². The second-order valence-corrected chi connectivity index (χ2v) is 6.83. The molecule has 0 saturated heterocycles. The van der Waals surface area contributed by atoms with E-state index >= 15 is 0 Å². The summed E-state index contributed by atoms with van der Waals surface area (Å²) in [5.74, 6) is 0.451. The van der Waals surface area contributed by atoms with E-state index in [1.54, 1.807) is 24.3 Å². The first-order valence-electron chi connectivity index (χ1n) is 8.27. The molecule has 1 heterocycles. The SMILES string of the molecule is CCOC1CC(N)(c2nc(-c3ccc(C(=O)OC)cc3)no2)C1(C)C. The summed E-state index contributed by atoms with van der Waals surface area (Å²) in [6.45, 7) is 6.71. The number of rotatable bonds is 5. The second kappa shape index (κ2) is 6.24. The van der Waals surface area contributed by atoms with Crippen molar-refractivity contribution in [1.29, 1.82) is 0 Å². The molecule has 1 aromatic heterocycles. The largest absolute Gasteiger partial charge is 0.465 e. The van der Waals surface area contributed by atoms with Crippen LogP contribution in [0.3, 0.4) is 0 Å². The fraction of sp³-hybridized carbons (Fsp3) is 0.500. The number of nitrogens with two attached hydrogens (primary N) is 1. The lowest BCUT2D eigenvalue weighted by Crippen LogP contribution is -2.67. The average Bonchev–Trinajstić information content (AvgIpc) is 3.11. The molecule has 7 nitrogen and oxygen atoms in total. The van der Waals surface area contributed by atoms with Crippen molar-refractivity contribution in [3.8, 4) is 11.4 Å². The Kier molecular flexibility index (Phi) is 4.38. The van der Waals surface area contributed by atoms with Crippen LogP contribution in [0.15, 0.2) is 28.8 Å². The van der Waals surface area contributed by atoms with Gasteiger partial charge in [0.25, 0.3) is 0 Å². The molecule has 0 radical (unpaired) electrons. The van der Waals surface area contributed by atoms with E-state index in [2.05, 4.69) is 14.9 Å². The van der Waals surface area contributed by atoms with Gasteiger partial charge < -0.3 is 19.7 Å². The summed E-state index contributed by atoms with van der Waals surface area (Å²) >= 11 is 0. The maximum absolute atomic E-state index is 11.5. The Bertz CT molecular complexity index is 769. The molecule has 1 aliphatic rings. The molecule has 0 amide bonds. The minimum Gasteiger partial charge on any atom is -0.465 e. The van der Waals surface area contributed by atoms with E-state index in [0.29, 0.717) is 30.3 Å². The van der Waals surface area contributed by atoms with E-state index in [4.69, 9.17) is 15.0 Å². The molecule has 0 bridgehead atoms. The predicted octanol–water partition coefficient (Wildman–Crippen LogP) is 2.51. The molecule has 2 aromatic rings. The Balaban J connectivity index is 1.82. The number of carbonyl (C=O) groups is 1. The zero-order chi connectivity index (χ0) is 18.2. The van der Waals surface area contributed by atoms with Crippen molar-refractivity contribution in [3.05, 3.63) is 35.7 Å². The molecule has 2 N–H and O–H groups in total. The molecular formula is C18H23N3O4. The van der Waals surface area contributed by atoms with Crippen LogP contribution < -0.4 is 5.73 Å². The number of methoxy groups -OCH3 is 1. The fourth-order valence-corrected chi connectivity index (χ4v) is 3.19. The van der Waals surface area contributed by atoms with E-state index < -0.39 is 5.54 Å². The lowest BCUT2D eigenvalue weighted by molar-refractivity contribution is -0.162. The van der Waals surface area contributed by atoms with Gasteiger partial charge in [-0.2, -0.15) is 4.98 Å². The molecule has 1 fully saturated rings. The summed E-state index contributed by atoms with van der Waals surface area (Å²) in [5, 5.41) is 4.04. The summed E-state index contributed by atoms with van der Waals surface area (Å²) in [6, 6.07) is 6.82. The highest BCUT2D eigenvalue weighted by molar-refractivity contribution is 5.89. The molecule has 25 heavy (non-hydrogen) atoms. The Morgan fingerprint density at radius 2 is 2.04 bits per heavy atom. The highest BCUT2D eigenvalue weighted by atomic mass is 16.5. The van der Waals surface area contributed by atoms with Crippen LogP contribution in [0.2, 0.25) is 0 Å². The minimum atomic E-state index is -0.718. The van der Waals surface area contributed by atoms with Crippen molar-refractivity contribution in [2.24, 2.45) is 11.1 Å². The normalized spacial score (nSPS) is 24.6. The number of nitrogens with zero attached hydrogens (tertiary/aromatic N) is 2. The van der Waals surface area contributed by atoms with Crippen LogP contribution in [-0.2, 0) is 15.0 Å². The molecule has 3 rings (SSSR count). The first-order chi connectivity index (χ1) is 11.8. The number of aromatic nitrogens is 2. The van der Waals surface area contributed by atoms with Gasteiger partial charge in [0.1, 0.15) is 5.54 Å². The molecule has 0 aliphatic heterocycles. The van der Waals surface area contributed by atoms with Crippen molar-refractivity contribution in [2.75, 3.05) is 13.7 Å². The van der Waals surface area contributed by atoms with Gasteiger partial charge in [0, 0.05) is 24.0 Å². The maximum atomic E-state index is 11.5. The summed E-state index contributed by atoms with van der Waals surface area (Å²) < 4.78 is 15.9. The molecule has 1 aliphatic carbocycles. The van der Waals surface area contributed by atoms with Gasteiger partial charge in [-0.25, -0.2) is 4.79 Å². The number of hydrogen-bond acceptors (Lipinski definition) is 7. The zero-order valence-corrected chi connectivity index (χ0v) is 14.9. The van der Waals surface area contributed by atoms with E-state index in [9.17, 15) is 4.79 Å². The van der Waals surface area contributed by atoms with Crippen LogP contribution in [0.4, 0.5) is 0 Å². The van der Waals surface area contributed by atoms with Gasteiger partial charge in [0.05, 0.1) is 18.8 Å². The van der Waals surface area contributed by atoms with Crippen LogP contribution in [-0.4, -0.2) is 35.9 Å². The Morgan fingerprint density at radius 1 is 1.36 bits per heavy atom. The van der Waals surface area contributed by atoms with Crippen molar-refractivity contribution in [2.45, 2.75) is 38.8 Å². The smallest absolute Gasteiger partial charge is 0.337 e. The van der Waals surface area contributed by atoms with Gasteiger partial charge in [-0.15, -0.1) is 0 Å². The third kappa shape index (κ3) is 2.73. The molecule has 2 atom stereocenters. The van der Waals surface area contributed by atoms with Crippen molar-refractivity contribution in [1.82, 2.24) is 10.1 Å². The lowest BCUT2D eigenvalue weighted by atomic mass is 9.54. The number of esters is 1. The highest BCUT2D eigenvalue weighted by Gasteiger charge is 2.62. The van der Waals surface area contributed by atoms with Crippen LogP contribution in [0.1, 0.15) is 43.4 Å². The minimum absolute atomic E-state index is 0.0668. The first kappa shape index (κ1) is 17.6. The first-order valence-corrected chi connectivity index (χ1v) is 8.27. The monoisotopic (exact) mass is 345 g/mol. The van der Waals surface area contributed by atoms with Gasteiger partial charge in [-0.05, 0) is 19.1 Å². The maximum Gasteiger partial charge on any atom is 0.337 e. The standard InChI is InChI=1S/C18H23N3O4/c1-5-24-13-10-18(19,17(13,2)3)16-20-14(21-25-16)11-6-8-12(9-7-11)15(22)23-4/h6-9,13H,5,10,19H2,1-4H3. The Hall–Kier alpha value is -2.25. The predicted molar refractivity (Wildman–Crippen MR) is 90.8 cm³/mol. The number of benzene rings is 1. The average molecular weight is 345 g/mol. The molecule has 134 valence electrons. The molecule has 1 aromatic carbocycles. The van der Waals surface area contributed by atoms with Crippen LogP contribution in [0.5, 0.6) is 0 Å². The van der Waals surface area contributed by atoms with Gasteiger partial charge >= 0.3 is 5.97 Å². The molecule has 0 spiro atoms. The van der Waals surface area contributed by atoms with Crippen LogP contribution >= 0.6 is 0 Å². The van der Waals surface area contributed by atoms with E-state index in [1.165, 1.54) is 7.11 Å². The topological polar surface area (TPSA) is 100 Å². The van der Waals surface area contributed by atoms with E-state index in [-0.39, 0.29) is 17.5 Å². The molecule has 2 unspecified atom stereocenters. The third-order valence-corrected chi connectivity index (χ3v) is 5.20. The van der Waals surface area contributed by atoms with Gasteiger partial charge in [0.15, 0.2) is 0 Å². The zero-order valence-electron chi connectivity index (χ0n) is 14.9. The van der Waals surface area contributed by atoms with Crippen molar-refractivity contribution in [3.63, 3.8) is 0 Å². The molecule has 7 heteroatoms. The third-order valence-electron chi connectivity index (χ3n) is 5.20. The Morgan fingerprint density at radius 3 is 2.60 bits per heavy atom. The van der Waals surface area contributed by atoms with Crippen LogP contribution in [0, 0.1) is 5.41 Å². The van der Waals surface area contributed by atoms with E-state index in [0.717, 1.165) is 5.56 Å². The quantitative estimate of drug-likeness (QED) is 0.831. The highest BCUT2D eigenvalue weighted by Crippen LogP contribution is 2.55. The Labute approximate surface area is 146 Å². The number of ether oxygens (including phenoxy) is 2. The van der Waals surface area contributed by atoms with Gasteiger partial charge in [-0.3, -0.25) is 0 Å².